The van der Waals surface area contributed by atoms with Crippen LogP contribution >= 0.6 is 0 Å². The summed E-state index contributed by atoms with van der Waals surface area (Å²) < 4.78 is 0. The predicted molar refractivity (Wildman–Crippen MR) is 147 cm³/mol. The van der Waals surface area contributed by atoms with Crippen LogP contribution in [0.25, 0.3) is 11.6 Å². The third-order valence-electron chi connectivity index (χ3n) is 5.45. The molecule has 0 saturated heterocycles. The normalized spacial score (nSPS) is 12.3. The molecule has 0 heterocycles. The largest absolute Gasteiger partial charge is 0.388 e. The van der Waals surface area contributed by atoms with Gasteiger partial charge in [0.25, 0.3) is 5.91 Å². The minimum atomic E-state index is -0.0444. The van der Waals surface area contributed by atoms with Crippen molar-refractivity contribution >= 4 is 29.0 Å². The lowest BCUT2D eigenvalue weighted by Crippen LogP contribution is -2.26. The van der Waals surface area contributed by atoms with Gasteiger partial charge in [-0.1, -0.05) is 66.2 Å². The summed E-state index contributed by atoms with van der Waals surface area (Å²) in [6.45, 7) is 5.66. The van der Waals surface area contributed by atoms with Gasteiger partial charge >= 0.3 is 0 Å². The minimum absolute atomic E-state index is 0.0377. The van der Waals surface area contributed by atoms with Crippen LogP contribution in [0.4, 0.5) is 5.69 Å². The Morgan fingerprint density at radius 2 is 1.46 bits per heavy atom. The van der Waals surface area contributed by atoms with E-state index >= 15 is 0 Å². The van der Waals surface area contributed by atoms with Gasteiger partial charge in [-0.15, -0.1) is 0 Å². The zero-order valence-corrected chi connectivity index (χ0v) is 21.4. The topological polar surface area (TPSA) is 84.2 Å². The first-order chi connectivity index (χ1) is 16.9. The number of benzene rings is 3. The van der Waals surface area contributed by atoms with Crippen LogP contribution < -0.4 is 16.4 Å². The summed E-state index contributed by atoms with van der Waals surface area (Å²) in [5, 5.41) is 6.12. The van der Waals surface area contributed by atoms with E-state index in [2.05, 4.69) is 35.4 Å². The predicted octanol–water partition coefficient (Wildman–Crippen LogP) is 5.63. The van der Waals surface area contributed by atoms with Crippen molar-refractivity contribution in [3.8, 4) is 0 Å². The zero-order chi connectivity index (χ0) is 25.8. The molecule has 4 N–H and O–H groups in total. The molecule has 3 aromatic rings. The molecule has 3 aromatic carbocycles. The molecule has 0 unspecified atom stereocenters. The summed E-state index contributed by atoms with van der Waals surface area (Å²) in [5.74, 6) is -0.00670. The molecule has 0 radical (unpaired) electrons. The Kier molecular flexibility index (Phi) is 10.9. The maximum absolute atomic E-state index is 12.6. The number of ketones is 1. The first kappa shape index (κ1) is 27.5. The molecule has 0 atom stereocenters. The van der Waals surface area contributed by atoms with E-state index in [9.17, 15) is 9.59 Å². The highest BCUT2D eigenvalue weighted by Gasteiger charge is 2.25. The fraction of sp³-hybridized carbons (Fsp3) is 0.267. The lowest BCUT2D eigenvalue weighted by atomic mass is 10.00. The van der Waals surface area contributed by atoms with Crippen LogP contribution in [0, 0.1) is 13.8 Å². The lowest BCUT2D eigenvalue weighted by Gasteiger charge is -2.10. The van der Waals surface area contributed by atoms with E-state index in [1.807, 2.05) is 68.6 Å². The highest BCUT2D eigenvalue weighted by atomic mass is 16.1. The standard InChI is InChI=1S/C21H21NO2.C8H11N.CH5N/c1-14-3-7-18(8-4-14)20(21(24)22-19-11-12-19)13-16-5-9-17(10-6-16)15(2)23;1-7-4-3-5-8(6-7)9-2;1-2/h3-10,13,19H,11-12H2,1-2H3,(H,22,24);3-6,9H,1-2H3;2H2,1H3/b20-13+;;. The maximum atomic E-state index is 12.6. The number of carbonyl (C=O) groups is 2. The van der Waals surface area contributed by atoms with Crippen LogP contribution in [0.3, 0.4) is 0 Å². The van der Waals surface area contributed by atoms with Crippen LogP contribution in [-0.2, 0) is 4.79 Å². The molecule has 0 aliphatic heterocycles. The summed E-state index contributed by atoms with van der Waals surface area (Å²) in [7, 11) is 3.43. The summed E-state index contributed by atoms with van der Waals surface area (Å²) in [4.78, 5) is 24.0. The van der Waals surface area contributed by atoms with Gasteiger partial charge in [0, 0.05) is 29.9 Å². The van der Waals surface area contributed by atoms with Gasteiger partial charge in [-0.2, -0.15) is 0 Å². The maximum Gasteiger partial charge on any atom is 0.252 e. The molecule has 35 heavy (non-hydrogen) atoms. The van der Waals surface area contributed by atoms with Crippen molar-refractivity contribution in [2.24, 2.45) is 5.73 Å². The van der Waals surface area contributed by atoms with Gasteiger partial charge in [-0.05, 0) is 75.6 Å². The van der Waals surface area contributed by atoms with Crippen LogP contribution in [0.1, 0.15) is 52.4 Å². The van der Waals surface area contributed by atoms with E-state index in [0.29, 0.717) is 17.2 Å². The Morgan fingerprint density at radius 3 is 1.94 bits per heavy atom. The third kappa shape index (κ3) is 9.22. The number of hydrogen-bond donors (Lipinski definition) is 3. The second-order valence-electron chi connectivity index (χ2n) is 8.47. The fourth-order valence-corrected chi connectivity index (χ4v) is 3.29. The molecule has 0 spiro atoms. The average molecular weight is 472 g/mol. The van der Waals surface area contributed by atoms with Crippen molar-refractivity contribution in [2.75, 3.05) is 19.4 Å². The van der Waals surface area contributed by atoms with E-state index in [0.717, 1.165) is 29.5 Å². The van der Waals surface area contributed by atoms with E-state index in [4.69, 9.17) is 0 Å². The highest BCUT2D eigenvalue weighted by molar-refractivity contribution is 6.24. The molecular weight excluding hydrogens is 434 g/mol. The zero-order valence-electron chi connectivity index (χ0n) is 21.4. The third-order valence-corrected chi connectivity index (χ3v) is 5.45. The van der Waals surface area contributed by atoms with Crippen molar-refractivity contribution in [3.05, 3.63) is 101 Å². The van der Waals surface area contributed by atoms with E-state index in [-0.39, 0.29) is 11.7 Å². The lowest BCUT2D eigenvalue weighted by molar-refractivity contribution is -0.115. The van der Waals surface area contributed by atoms with Crippen molar-refractivity contribution in [2.45, 2.75) is 39.7 Å². The Morgan fingerprint density at radius 1 is 0.857 bits per heavy atom. The van der Waals surface area contributed by atoms with Gasteiger partial charge in [0.05, 0.1) is 0 Å². The molecule has 1 aliphatic carbocycles. The number of hydrogen-bond acceptors (Lipinski definition) is 4. The number of nitrogens with two attached hydrogens (primary N) is 1. The fourth-order valence-electron chi connectivity index (χ4n) is 3.29. The Balaban J connectivity index is 0.000000329. The first-order valence-corrected chi connectivity index (χ1v) is 11.9. The summed E-state index contributed by atoms with van der Waals surface area (Å²) in [5.41, 5.74) is 11.3. The number of nitrogens with one attached hydrogen (secondary N) is 2. The Hall–Kier alpha value is -3.70. The van der Waals surface area contributed by atoms with Crippen LogP contribution in [0.15, 0.2) is 72.8 Å². The van der Waals surface area contributed by atoms with Gasteiger partial charge < -0.3 is 16.4 Å². The van der Waals surface area contributed by atoms with E-state index in [1.165, 1.54) is 18.3 Å². The van der Waals surface area contributed by atoms with Gasteiger partial charge in [0.2, 0.25) is 0 Å². The summed E-state index contributed by atoms with van der Waals surface area (Å²) in [6, 6.07) is 23.9. The van der Waals surface area contributed by atoms with E-state index < -0.39 is 0 Å². The SMILES string of the molecule is CC(=O)c1ccc(/C=C(/C(=O)NC2CC2)c2ccc(C)cc2)cc1.CN.CNc1cccc(C)c1. The van der Waals surface area contributed by atoms with Crippen molar-refractivity contribution < 1.29 is 9.59 Å². The number of amides is 1. The monoisotopic (exact) mass is 471 g/mol. The molecule has 4 rings (SSSR count). The molecule has 1 amide bonds. The van der Waals surface area contributed by atoms with Crippen LogP contribution in [-0.4, -0.2) is 31.8 Å². The number of aryl methyl sites for hydroxylation is 2. The molecule has 0 aromatic heterocycles. The molecule has 1 saturated carbocycles. The molecule has 0 bridgehead atoms. The van der Waals surface area contributed by atoms with Crippen molar-refractivity contribution in [3.63, 3.8) is 0 Å². The second-order valence-corrected chi connectivity index (χ2v) is 8.47. The number of carbonyl (C=O) groups excluding carboxylic acids is 2. The Bertz CT molecular complexity index is 1130. The molecule has 1 aliphatic rings. The van der Waals surface area contributed by atoms with Gasteiger partial charge in [-0.25, -0.2) is 0 Å². The van der Waals surface area contributed by atoms with E-state index in [1.54, 1.807) is 19.1 Å². The smallest absolute Gasteiger partial charge is 0.252 e. The van der Waals surface area contributed by atoms with Gasteiger partial charge in [-0.3, -0.25) is 9.59 Å². The number of Topliss-reactive ketones (excluding diaryl/α,β-unsaturated/α-hetero) is 1. The van der Waals surface area contributed by atoms with Crippen molar-refractivity contribution in [1.82, 2.24) is 5.32 Å². The average Bonchev–Trinajstić information content (AvgIpc) is 3.69. The number of anilines is 1. The van der Waals surface area contributed by atoms with Crippen LogP contribution in [0.2, 0.25) is 0 Å². The van der Waals surface area contributed by atoms with Gasteiger partial charge in [0.1, 0.15) is 0 Å². The van der Waals surface area contributed by atoms with Crippen LogP contribution in [0.5, 0.6) is 0 Å². The molecule has 5 nitrogen and oxygen atoms in total. The summed E-state index contributed by atoms with van der Waals surface area (Å²) in [6.07, 6.45) is 3.99. The van der Waals surface area contributed by atoms with Gasteiger partial charge in [0.15, 0.2) is 5.78 Å². The second kappa shape index (κ2) is 13.9. The molecule has 184 valence electrons. The quantitative estimate of drug-likeness (QED) is 0.247. The minimum Gasteiger partial charge on any atom is -0.388 e. The molecule has 5 heteroatoms. The van der Waals surface area contributed by atoms with Crippen molar-refractivity contribution in [1.29, 1.82) is 0 Å². The Labute approximate surface area is 209 Å². The summed E-state index contributed by atoms with van der Waals surface area (Å²) >= 11 is 0. The molecular formula is C30H37N3O2. The first-order valence-electron chi connectivity index (χ1n) is 11.9. The molecule has 1 fully saturated rings. The highest BCUT2D eigenvalue weighted by Crippen LogP contribution is 2.24. The number of rotatable bonds is 6.